The molecule has 0 aliphatic heterocycles. The number of hydrogen-bond acceptors (Lipinski definition) is 2. The van der Waals surface area contributed by atoms with Gasteiger partial charge in [0.1, 0.15) is 5.82 Å². The first-order valence-corrected chi connectivity index (χ1v) is 6.17. The Morgan fingerprint density at radius 2 is 2.06 bits per heavy atom. The van der Waals surface area contributed by atoms with E-state index in [4.69, 9.17) is 5.73 Å². The fraction of sp³-hybridized carbons (Fsp3) is 0.571. The Balaban J connectivity index is 2.20. The Morgan fingerprint density at radius 3 is 2.53 bits per heavy atom. The smallest absolute Gasteiger partial charge is 0.126 e. The molecule has 1 unspecified atom stereocenters. The van der Waals surface area contributed by atoms with E-state index in [-0.39, 0.29) is 11.2 Å². The zero-order valence-corrected chi connectivity index (χ0v) is 10.2. The molecule has 94 valence electrons. The molecule has 17 heavy (non-hydrogen) atoms. The predicted molar refractivity (Wildman–Crippen MR) is 66.1 cm³/mol. The fourth-order valence-electron chi connectivity index (χ4n) is 2.77. The molecule has 0 aromatic heterocycles. The summed E-state index contributed by atoms with van der Waals surface area (Å²) >= 11 is 0. The molecule has 0 spiro atoms. The van der Waals surface area contributed by atoms with Gasteiger partial charge in [0, 0.05) is 18.4 Å². The van der Waals surface area contributed by atoms with Crippen LogP contribution in [-0.4, -0.2) is 17.3 Å². The first-order valence-electron chi connectivity index (χ1n) is 6.17. The van der Waals surface area contributed by atoms with E-state index in [9.17, 15) is 9.50 Å². The van der Waals surface area contributed by atoms with Crippen LogP contribution in [0.3, 0.4) is 0 Å². The second-order valence-electron chi connectivity index (χ2n) is 5.38. The lowest BCUT2D eigenvalue weighted by molar-refractivity contribution is -0.109. The number of nitrogens with two attached hydrogens (primary N) is 1. The number of halogens is 1. The maximum Gasteiger partial charge on any atom is 0.126 e. The molecule has 0 amide bonds. The second-order valence-corrected chi connectivity index (χ2v) is 5.38. The molecule has 2 rings (SSSR count). The van der Waals surface area contributed by atoms with Crippen molar-refractivity contribution in [2.24, 2.45) is 11.1 Å². The normalized spacial score (nSPS) is 21.6. The van der Waals surface area contributed by atoms with Gasteiger partial charge in [0.25, 0.3) is 0 Å². The van der Waals surface area contributed by atoms with Crippen LogP contribution in [0.15, 0.2) is 24.3 Å². The number of benzene rings is 1. The standard InChI is InChI=1S/C14H20FNO/c1-13(17,14(10-16)7-4-8-14)9-11-5-2-3-6-12(11)15/h2-3,5-6,17H,4,7-10,16H2,1H3. The Bertz CT molecular complexity index is 393. The minimum Gasteiger partial charge on any atom is -0.389 e. The Morgan fingerprint density at radius 1 is 1.41 bits per heavy atom. The number of rotatable bonds is 4. The Labute approximate surface area is 102 Å². The van der Waals surface area contributed by atoms with Crippen LogP contribution in [0.1, 0.15) is 31.7 Å². The Kier molecular flexibility index (Phi) is 3.23. The van der Waals surface area contributed by atoms with Gasteiger partial charge >= 0.3 is 0 Å². The molecular formula is C14H20FNO. The monoisotopic (exact) mass is 237 g/mol. The highest BCUT2D eigenvalue weighted by molar-refractivity contribution is 5.21. The highest BCUT2D eigenvalue weighted by Gasteiger charge is 2.50. The molecule has 0 saturated heterocycles. The third kappa shape index (κ3) is 2.09. The van der Waals surface area contributed by atoms with Crippen molar-refractivity contribution in [2.45, 2.75) is 38.2 Å². The number of hydrogen-bond donors (Lipinski definition) is 2. The van der Waals surface area contributed by atoms with Crippen LogP contribution in [0.2, 0.25) is 0 Å². The van der Waals surface area contributed by atoms with Gasteiger partial charge in [-0.3, -0.25) is 0 Å². The quantitative estimate of drug-likeness (QED) is 0.843. The lowest BCUT2D eigenvalue weighted by Gasteiger charge is -2.51. The predicted octanol–water partition coefficient (Wildman–Crippen LogP) is 2.25. The van der Waals surface area contributed by atoms with Crippen molar-refractivity contribution < 1.29 is 9.50 Å². The molecule has 3 N–H and O–H groups in total. The second kappa shape index (κ2) is 4.39. The summed E-state index contributed by atoms with van der Waals surface area (Å²) in [7, 11) is 0. The minimum absolute atomic E-state index is 0.227. The maximum atomic E-state index is 13.6. The van der Waals surface area contributed by atoms with Gasteiger partial charge < -0.3 is 10.8 Å². The average molecular weight is 237 g/mol. The van der Waals surface area contributed by atoms with E-state index in [0.717, 1.165) is 19.3 Å². The topological polar surface area (TPSA) is 46.2 Å². The van der Waals surface area contributed by atoms with Gasteiger partial charge in [-0.1, -0.05) is 24.6 Å². The van der Waals surface area contributed by atoms with Crippen molar-refractivity contribution in [3.8, 4) is 0 Å². The van der Waals surface area contributed by atoms with Crippen LogP contribution in [0.4, 0.5) is 4.39 Å². The SMILES string of the molecule is CC(O)(Cc1ccccc1F)C1(CN)CCC1. The van der Waals surface area contributed by atoms with Gasteiger partial charge in [-0.25, -0.2) is 4.39 Å². The zero-order valence-electron chi connectivity index (χ0n) is 10.2. The van der Waals surface area contributed by atoms with Crippen molar-refractivity contribution in [1.29, 1.82) is 0 Å². The molecule has 0 bridgehead atoms. The molecule has 1 fully saturated rings. The van der Waals surface area contributed by atoms with Gasteiger partial charge in [0.05, 0.1) is 5.60 Å². The zero-order chi connectivity index (χ0) is 12.5. The maximum absolute atomic E-state index is 13.6. The van der Waals surface area contributed by atoms with Crippen molar-refractivity contribution in [3.05, 3.63) is 35.6 Å². The van der Waals surface area contributed by atoms with Crippen LogP contribution >= 0.6 is 0 Å². The van der Waals surface area contributed by atoms with E-state index in [2.05, 4.69) is 0 Å². The first-order chi connectivity index (χ1) is 8.01. The van der Waals surface area contributed by atoms with Crippen molar-refractivity contribution in [3.63, 3.8) is 0 Å². The molecule has 0 radical (unpaired) electrons. The third-order valence-electron chi connectivity index (χ3n) is 4.34. The van der Waals surface area contributed by atoms with E-state index in [1.165, 1.54) is 6.07 Å². The summed E-state index contributed by atoms with van der Waals surface area (Å²) in [6, 6.07) is 6.62. The van der Waals surface area contributed by atoms with Gasteiger partial charge in [0.2, 0.25) is 0 Å². The molecule has 1 aliphatic carbocycles. The van der Waals surface area contributed by atoms with Gasteiger partial charge in [-0.05, 0) is 31.4 Å². The van der Waals surface area contributed by atoms with Crippen molar-refractivity contribution in [2.75, 3.05) is 6.54 Å². The lowest BCUT2D eigenvalue weighted by Crippen LogP contribution is -2.56. The van der Waals surface area contributed by atoms with Crippen LogP contribution in [-0.2, 0) is 6.42 Å². The lowest BCUT2D eigenvalue weighted by atomic mass is 9.58. The van der Waals surface area contributed by atoms with E-state index in [1.54, 1.807) is 25.1 Å². The molecule has 3 heteroatoms. The molecule has 1 saturated carbocycles. The summed E-state index contributed by atoms with van der Waals surface area (Å²) in [6.07, 6.45) is 3.30. The van der Waals surface area contributed by atoms with Crippen molar-refractivity contribution >= 4 is 0 Å². The summed E-state index contributed by atoms with van der Waals surface area (Å²) < 4.78 is 13.6. The fourth-order valence-corrected chi connectivity index (χ4v) is 2.77. The van der Waals surface area contributed by atoms with E-state index < -0.39 is 5.60 Å². The molecule has 1 atom stereocenters. The first kappa shape index (κ1) is 12.5. The molecule has 0 heterocycles. The summed E-state index contributed by atoms with van der Waals surface area (Å²) in [6.45, 7) is 2.25. The van der Waals surface area contributed by atoms with E-state index in [1.807, 2.05) is 0 Å². The molecule has 2 nitrogen and oxygen atoms in total. The van der Waals surface area contributed by atoms with Crippen LogP contribution < -0.4 is 5.73 Å². The summed E-state index contributed by atoms with van der Waals surface area (Å²) in [5, 5.41) is 10.6. The molecule has 1 aliphatic rings. The van der Waals surface area contributed by atoms with Gasteiger partial charge in [0.15, 0.2) is 0 Å². The summed E-state index contributed by atoms with van der Waals surface area (Å²) in [5.74, 6) is -0.251. The summed E-state index contributed by atoms with van der Waals surface area (Å²) in [5.41, 5.74) is 5.20. The van der Waals surface area contributed by atoms with E-state index >= 15 is 0 Å². The third-order valence-corrected chi connectivity index (χ3v) is 4.34. The van der Waals surface area contributed by atoms with Crippen LogP contribution in [0, 0.1) is 11.2 Å². The van der Waals surface area contributed by atoms with Crippen LogP contribution in [0.25, 0.3) is 0 Å². The average Bonchev–Trinajstić information content (AvgIpc) is 2.20. The largest absolute Gasteiger partial charge is 0.389 e. The van der Waals surface area contributed by atoms with Crippen LogP contribution in [0.5, 0.6) is 0 Å². The minimum atomic E-state index is -0.928. The summed E-state index contributed by atoms with van der Waals surface area (Å²) in [4.78, 5) is 0. The molecular weight excluding hydrogens is 217 g/mol. The van der Waals surface area contributed by atoms with Crippen molar-refractivity contribution in [1.82, 2.24) is 0 Å². The highest BCUT2D eigenvalue weighted by Crippen LogP contribution is 2.49. The molecule has 1 aromatic rings. The highest BCUT2D eigenvalue weighted by atomic mass is 19.1. The van der Waals surface area contributed by atoms with Gasteiger partial charge in [-0.2, -0.15) is 0 Å². The van der Waals surface area contributed by atoms with Gasteiger partial charge in [-0.15, -0.1) is 0 Å². The molecule has 1 aromatic carbocycles. The van der Waals surface area contributed by atoms with E-state index in [0.29, 0.717) is 18.5 Å². The number of aliphatic hydroxyl groups is 1. The Hall–Kier alpha value is -0.930.